The smallest absolute Gasteiger partial charge is 0.246 e. The Morgan fingerprint density at radius 3 is 2.81 bits per heavy atom. The fraction of sp³-hybridized carbons (Fsp3) is 0.286. The Morgan fingerprint density at radius 1 is 1.26 bits per heavy atom. The van der Waals surface area contributed by atoms with Gasteiger partial charge in [-0.05, 0) is 42.8 Å². The quantitative estimate of drug-likeness (QED) is 0.460. The van der Waals surface area contributed by atoms with Crippen LogP contribution in [0.25, 0.3) is 11.4 Å². The fourth-order valence-corrected chi connectivity index (χ4v) is 3.55. The van der Waals surface area contributed by atoms with E-state index in [1.165, 1.54) is 12.1 Å². The summed E-state index contributed by atoms with van der Waals surface area (Å²) in [6, 6.07) is 10.9. The van der Waals surface area contributed by atoms with E-state index in [2.05, 4.69) is 25.8 Å². The van der Waals surface area contributed by atoms with Crippen molar-refractivity contribution in [1.29, 1.82) is 0 Å². The van der Waals surface area contributed by atoms with Crippen molar-refractivity contribution in [3.63, 3.8) is 0 Å². The average Bonchev–Trinajstić information content (AvgIpc) is 3.41. The van der Waals surface area contributed by atoms with E-state index in [0.717, 1.165) is 18.1 Å². The monoisotopic (exact) mass is 446 g/mol. The van der Waals surface area contributed by atoms with E-state index < -0.39 is 11.6 Å². The molecule has 0 radical (unpaired) electrons. The van der Waals surface area contributed by atoms with Gasteiger partial charge in [0.2, 0.25) is 11.7 Å². The topological polar surface area (TPSA) is 78.6 Å². The van der Waals surface area contributed by atoms with Crippen LogP contribution in [0.3, 0.4) is 0 Å². The molecule has 0 bridgehead atoms. The van der Waals surface area contributed by atoms with Crippen LogP contribution in [-0.4, -0.2) is 42.3 Å². The lowest BCUT2D eigenvalue weighted by atomic mass is 10.2. The highest BCUT2D eigenvalue weighted by Gasteiger charge is 2.25. The highest BCUT2D eigenvalue weighted by molar-refractivity contribution is 6.30. The minimum atomic E-state index is -0.583. The maximum absolute atomic E-state index is 14.0. The van der Waals surface area contributed by atoms with Gasteiger partial charge in [0, 0.05) is 42.8 Å². The van der Waals surface area contributed by atoms with Crippen LogP contribution >= 0.6 is 11.6 Å². The second-order valence-electron chi connectivity index (χ2n) is 7.12. The van der Waals surface area contributed by atoms with Crippen molar-refractivity contribution in [2.24, 2.45) is 4.99 Å². The molecule has 31 heavy (non-hydrogen) atoms. The second kappa shape index (κ2) is 9.30. The number of anilines is 1. The third kappa shape index (κ3) is 5.11. The van der Waals surface area contributed by atoms with Crippen molar-refractivity contribution in [3.8, 4) is 11.4 Å². The lowest BCUT2D eigenvalue weighted by molar-refractivity contribution is 0.375. The molecule has 0 aliphatic carbocycles. The summed E-state index contributed by atoms with van der Waals surface area (Å²) in [5.41, 5.74) is 1.20. The molecule has 0 saturated carbocycles. The van der Waals surface area contributed by atoms with E-state index in [1.54, 1.807) is 19.2 Å². The Labute approximate surface area is 183 Å². The van der Waals surface area contributed by atoms with Crippen LogP contribution in [0.5, 0.6) is 0 Å². The molecule has 1 aromatic heterocycles. The predicted molar refractivity (Wildman–Crippen MR) is 115 cm³/mol. The molecule has 1 atom stereocenters. The number of aromatic nitrogens is 2. The minimum Gasteiger partial charge on any atom is -0.367 e. The van der Waals surface area contributed by atoms with Crippen LogP contribution in [0.2, 0.25) is 5.02 Å². The van der Waals surface area contributed by atoms with Crippen molar-refractivity contribution in [2.45, 2.75) is 19.0 Å². The molecule has 1 unspecified atom stereocenters. The fourth-order valence-electron chi connectivity index (χ4n) is 3.42. The highest BCUT2D eigenvalue weighted by atomic mass is 35.5. The van der Waals surface area contributed by atoms with Crippen LogP contribution in [0.1, 0.15) is 12.3 Å². The standard InChI is InChI=1S/C21H21ClF2N6O/c1-25-21(26-11-19-28-20(29-31-19)13-2-4-14(22)5-3-13)27-16-8-9-30(12-16)18-7-6-15(23)10-17(18)24/h2-7,10,16H,8-9,11-12H2,1H3,(H2,25,26,27). The van der Waals surface area contributed by atoms with Gasteiger partial charge in [0.1, 0.15) is 11.6 Å². The first kappa shape index (κ1) is 21.0. The van der Waals surface area contributed by atoms with Gasteiger partial charge in [-0.1, -0.05) is 16.8 Å². The van der Waals surface area contributed by atoms with Crippen molar-refractivity contribution < 1.29 is 13.3 Å². The lowest BCUT2D eigenvalue weighted by Crippen LogP contribution is -2.44. The molecule has 162 valence electrons. The third-order valence-electron chi connectivity index (χ3n) is 4.98. The molecular weight excluding hydrogens is 426 g/mol. The number of hydrogen-bond acceptors (Lipinski definition) is 5. The normalized spacial score (nSPS) is 16.6. The molecule has 3 aromatic rings. The predicted octanol–water partition coefficient (Wildman–Crippen LogP) is 3.61. The van der Waals surface area contributed by atoms with Crippen molar-refractivity contribution >= 4 is 23.2 Å². The van der Waals surface area contributed by atoms with Gasteiger partial charge < -0.3 is 20.1 Å². The summed E-state index contributed by atoms with van der Waals surface area (Å²) in [6.07, 6.45) is 0.790. The average molecular weight is 447 g/mol. The Bertz CT molecular complexity index is 1070. The SMILES string of the molecule is CN=C(NCc1nc(-c2ccc(Cl)cc2)no1)NC1CCN(c2ccc(F)cc2F)C1. The zero-order chi connectivity index (χ0) is 21.8. The number of rotatable bonds is 5. The van der Waals surface area contributed by atoms with Gasteiger partial charge in [0.15, 0.2) is 5.96 Å². The molecule has 1 aliphatic heterocycles. The molecule has 2 heterocycles. The van der Waals surface area contributed by atoms with Crippen LogP contribution in [0.15, 0.2) is 52.0 Å². The van der Waals surface area contributed by atoms with Crippen molar-refractivity contribution in [2.75, 3.05) is 25.0 Å². The number of nitrogens with zero attached hydrogens (tertiary/aromatic N) is 4. The van der Waals surface area contributed by atoms with Gasteiger partial charge in [-0.3, -0.25) is 4.99 Å². The molecule has 2 N–H and O–H groups in total. The summed E-state index contributed by atoms with van der Waals surface area (Å²) in [5.74, 6) is 0.312. The molecule has 0 spiro atoms. The zero-order valence-electron chi connectivity index (χ0n) is 16.8. The summed E-state index contributed by atoms with van der Waals surface area (Å²) in [7, 11) is 1.66. The minimum absolute atomic E-state index is 0.0583. The van der Waals surface area contributed by atoms with Gasteiger partial charge in [-0.25, -0.2) is 8.78 Å². The van der Waals surface area contributed by atoms with Gasteiger partial charge >= 0.3 is 0 Å². The number of nitrogens with one attached hydrogen (secondary N) is 2. The first-order valence-electron chi connectivity index (χ1n) is 9.77. The number of guanidine groups is 1. The Kier molecular flexibility index (Phi) is 6.31. The molecule has 1 saturated heterocycles. The molecule has 0 amide bonds. The molecule has 7 nitrogen and oxygen atoms in total. The molecule has 2 aromatic carbocycles. The number of halogens is 3. The Balaban J connectivity index is 1.31. The first-order chi connectivity index (χ1) is 15.0. The highest BCUT2D eigenvalue weighted by Crippen LogP contribution is 2.24. The Hall–Kier alpha value is -3.20. The van der Waals surface area contributed by atoms with E-state index >= 15 is 0 Å². The third-order valence-corrected chi connectivity index (χ3v) is 5.23. The second-order valence-corrected chi connectivity index (χ2v) is 7.55. The van der Waals surface area contributed by atoms with Gasteiger partial charge in [-0.2, -0.15) is 4.98 Å². The van der Waals surface area contributed by atoms with E-state index in [9.17, 15) is 8.78 Å². The molecule has 10 heteroatoms. The summed E-state index contributed by atoms with van der Waals surface area (Å²) < 4.78 is 32.5. The van der Waals surface area contributed by atoms with E-state index in [1.807, 2.05) is 17.0 Å². The van der Waals surface area contributed by atoms with Gasteiger partial charge in [-0.15, -0.1) is 0 Å². The van der Waals surface area contributed by atoms with Gasteiger partial charge in [0.25, 0.3) is 0 Å². The number of aliphatic imine (C=N–C) groups is 1. The summed E-state index contributed by atoms with van der Waals surface area (Å²) in [6.45, 7) is 1.53. The largest absolute Gasteiger partial charge is 0.367 e. The van der Waals surface area contributed by atoms with Gasteiger partial charge in [0.05, 0.1) is 12.2 Å². The van der Waals surface area contributed by atoms with Crippen LogP contribution in [-0.2, 0) is 6.54 Å². The molecule has 4 rings (SSSR count). The summed E-state index contributed by atoms with van der Waals surface area (Å²) in [4.78, 5) is 10.5. The van der Waals surface area contributed by atoms with E-state index in [0.29, 0.717) is 48.0 Å². The number of hydrogen-bond donors (Lipinski definition) is 2. The van der Waals surface area contributed by atoms with E-state index in [4.69, 9.17) is 16.1 Å². The van der Waals surface area contributed by atoms with Crippen molar-refractivity contribution in [3.05, 3.63) is 65.0 Å². The lowest BCUT2D eigenvalue weighted by Gasteiger charge is -2.20. The Morgan fingerprint density at radius 2 is 2.06 bits per heavy atom. The van der Waals surface area contributed by atoms with Crippen LogP contribution in [0, 0.1) is 11.6 Å². The maximum Gasteiger partial charge on any atom is 0.246 e. The summed E-state index contributed by atoms with van der Waals surface area (Å²) in [5, 5.41) is 11.1. The van der Waals surface area contributed by atoms with Crippen molar-refractivity contribution in [1.82, 2.24) is 20.8 Å². The molecular formula is C21H21ClF2N6O. The van der Waals surface area contributed by atoms with E-state index in [-0.39, 0.29) is 6.04 Å². The number of benzene rings is 2. The molecule has 1 aliphatic rings. The summed E-state index contributed by atoms with van der Waals surface area (Å²) >= 11 is 5.90. The van der Waals surface area contributed by atoms with Crippen LogP contribution in [0.4, 0.5) is 14.5 Å². The first-order valence-corrected chi connectivity index (χ1v) is 10.2. The molecule has 1 fully saturated rings. The maximum atomic E-state index is 14.0. The van der Waals surface area contributed by atoms with Crippen LogP contribution < -0.4 is 15.5 Å². The zero-order valence-corrected chi connectivity index (χ0v) is 17.5.